The van der Waals surface area contributed by atoms with E-state index in [0.717, 1.165) is 19.6 Å². The average Bonchev–Trinajstić information content (AvgIpc) is 2.42. The van der Waals surface area contributed by atoms with Gasteiger partial charge in [0.25, 0.3) is 0 Å². The summed E-state index contributed by atoms with van der Waals surface area (Å²) in [7, 11) is 1.88. The number of amides is 1. The predicted molar refractivity (Wildman–Crippen MR) is 75.1 cm³/mol. The molecule has 1 aromatic rings. The van der Waals surface area contributed by atoms with E-state index in [-0.39, 0.29) is 17.8 Å². The maximum Gasteiger partial charge on any atom is 0.238 e. The molecule has 1 saturated heterocycles. The summed E-state index contributed by atoms with van der Waals surface area (Å²) in [6, 6.07) is 5.76. The minimum absolute atomic E-state index is 0.0956. The number of morpholine rings is 1. The summed E-state index contributed by atoms with van der Waals surface area (Å²) in [5, 5.41) is 5.83. The molecule has 1 aromatic carbocycles. The van der Waals surface area contributed by atoms with E-state index in [4.69, 9.17) is 4.74 Å². The van der Waals surface area contributed by atoms with Crippen molar-refractivity contribution in [3.05, 3.63) is 30.1 Å². The van der Waals surface area contributed by atoms with Crippen LogP contribution in [0.5, 0.6) is 0 Å². The van der Waals surface area contributed by atoms with Crippen molar-refractivity contribution in [3.8, 4) is 0 Å². The first kappa shape index (κ1) is 14.9. The van der Waals surface area contributed by atoms with Gasteiger partial charge >= 0.3 is 0 Å². The maximum absolute atomic E-state index is 12.8. The first-order valence-corrected chi connectivity index (χ1v) is 6.71. The van der Waals surface area contributed by atoms with Crippen molar-refractivity contribution in [3.63, 3.8) is 0 Å². The van der Waals surface area contributed by atoms with Gasteiger partial charge in [-0.15, -0.1) is 0 Å². The van der Waals surface area contributed by atoms with Crippen molar-refractivity contribution in [2.45, 2.75) is 6.10 Å². The number of anilines is 1. The van der Waals surface area contributed by atoms with E-state index in [1.54, 1.807) is 12.1 Å². The molecule has 6 heteroatoms. The second kappa shape index (κ2) is 7.33. The quantitative estimate of drug-likeness (QED) is 0.833. The van der Waals surface area contributed by atoms with E-state index >= 15 is 0 Å². The molecule has 110 valence electrons. The van der Waals surface area contributed by atoms with Crippen molar-refractivity contribution in [2.24, 2.45) is 0 Å². The van der Waals surface area contributed by atoms with Crippen molar-refractivity contribution < 1.29 is 13.9 Å². The summed E-state index contributed by atoms with van der Waals surface area (Å²) in [5.74, 6) is -0.409. The summed E-state index contributed by atoms with van der Waals surface area (Å²) in [4.78, 5) is 14.0. The van der Waals surface area contributed by atoms with E-state index in [1.165, 1.54) is 12.1 Å². The number of carbonyl (C=O) groups is 1. The highest BCUT2D eigenvalue weighted by Gasteiger charge is 2.21. The van der Waals surface area contributed by atoms with Gasteiger partial charge in [-0.3, -0.25) is 9.69 Å². The lowest BCUT2D eigenvalue weighted by Gasteiger charge is -2.32. The molecule has 2 N–H and O–H groups in total. The maximum atomic E-state index is 12.8. The second-order valence-electron chi connectivity index (χ2n) is 4.84. The van der Waals surface area contributed by atoms with Crippen LogP contribution < -0.4 is 10.6 Å². The Balaban J connectivity index is 1.80. The van der Waals surface area contributed by atoms with E-state index in [2.05, 4.69) is 15.5 Å². The van der Waals surface area contributed by atoms with Crippen LogP contribution in [0.15, 0.2) is 24.3 Å². The van der Waals surface area contributed by atoms with Crippen LogP contribution in [-0.2, 0) is 9.53 Å². The molecule has 1 atom stereocenters. The number of likely N-dealkylation sites (N-methyl/N-ethyl adjacent to an activating group) is 1. The molecule has 0 radical (unpaired) electrons. The van der Waals surface area contributed by atoms with Crippen LogP contribution in [0.2, 0.25) is 0 Å². The Morgan fingerprint density at radius 1 is 1.45 bits per heavy atom. The van der Waals surface area contributed by atoms with Crippen molar-refractivity contribution in [1.82, 2.24) is 10.2 Å². The molecule has 0 spiro atoms. The van der Waals surface area contributed by atoms with Gasteiger partial charge in [0.05, 0.1) is 19.3 Å². The number of benzene rings is 1. The van der Waals surface area contributed by atoms with Crippen LogP contribution in [0.4, 0.5) is 10.1 Å². The Morgan fingerprint density at radius 2 is 2.20 bits per heavy atom. The highest BCUT2D eigenvalue weighted by Crippen LogP contribution is 2.09. The summed E-state index contributed by atoms with van der Waals surface area (Å²) in [5.41, 5.74) is 0.608. The summed E-state index contributed by atoms with van der Waals surface area (Å²) >= 11 is 0. The molecular weight excluding hydrogens is 261 g/mol. The Kier molecular flexibility index (Phi) is 5.46. The standard InChI is InChI=1S/C14H20FN3O2/c1-16-8-13-9-18(6-7-20-13)10-14(19)17-12-4-2-11(15)3-5-12/h2-5,13,16H,6-10H2,1H3,(H,17,19). The number of nitrogens with one attached hydrogen (secondary N) is 2. The summed E-state index contributed by atoms with van der Waals surface area (Å²) in [6.07, 6.45) is 0.118. The molecule has 2 rings (SSSR count). The molecule has 0 aliphatic carbocycles. The van der Waals surface area contributed by atoms with Crippen LogP contribution in [-0.4, -0.2) is 56.7 Å². The van der Waals surface area contributed by atoms with Gasteiger partial charge in [-0.05, 0) is 31.3 Å². The SMILES string of the molecule is CNCC1CN(CC(=O)Nc2ccc(F)cc2)CCO1. The molecule has 5 nitrogen and oxygen atoms in total. The molecule has 1 unspecified atom stereocenters. The third-order valence-corrected chi connectivity index (χ3v) is 3.15. The lowest BCUT2D eigenvalue weighted by Crippen LogP contribution is -2.48. The van der Waals surface area contributed by atoms with Gasteiger partial charge < -0.3 is 15.4 Å². The fraction of sp³-hybridized carbons (Fsp3) is 0.500. The highest BCUT2D eigenvalue weighted by atomic mass is 19.1. The zero-order valence-corrected chi connectivity index (χ0v) is 11.6. The van der Waals surface area contributed by atoms with Crippen LogP contribution in [0.25, 0.3) is 0 Å². The molecule has 0 aromatic heterocycles. The molecular formula is C14H20FN3O2. The molecule has 1 amide bonds. The van der Waals surface area contributed by atoms with E-state index in [9.17, 15) is 9.18 Å². The number of hydrogen-bond donors (Lipinski definition) is 2. The summed E-state index contributed by atoms with van der Waals surface area (Å²) in [6.45, 7) is 3.21. The molecule has 1 aliphatic rings. The Bertz CT molecular complexity index is 437. The number of halogens is 1. The van der Waals surface area contributed by atoms with E-state index in [0.29, 0.717) is 18.8 Å². The van der Waals surface area contributed by atoms with Gasteiger partial charge in [0.15, 0.2) is 0 Å². The van der Waals surface area contributed by atoms with E-state index in [1.807, 2.05) is 7.05 Å². The first-order valence-electron chi connectivity index (χ1n) is 6.71. The number of ether oxygens (including phenoxy) is 1. The fourth-order valence-electron chi connectivity index (χ4n) is 2.21. The Hall–Kier alpha value is -1.50. The van der Waals surface area contributed by atoms with Gasteiger partial charge in [0, 0.05) is 25.3 Å². The van der Waals surface area contributed by atoms with Crippen molar-refractivity contribution in [1.29, 1.82) is 0 Å². The highest BCUT2D eigenvalue weighted by molar-refractivity contribution is 5.92. The topological polar surface area (TPSA) is 53.6 Å². The predicted octanol–water partition coefficient (Wildman–Crippen LogP) is 0.684. The Labute approximate surface area is 118 Å². The van der Waals surface area contributed by atoms with Crippen molar-refractivity contribution in [2.75, 3.05) is 45.2 Å². The largest absolute Gasteiger partial charge is 0.374 e. The van der Waals surface area contributed by atoms with Crippen LogP contribution in [0.3, 0.4) is 0 Å². The summed E-state index contributed by atoms with van der Waals surface area (Å²) < 4.78 is 18.4. The van der Waals surface area contributed by atoms with Gasteiger partial charge in [0.2, 0.25) is 5.91 Å². The molecule has 20 heavy (non-hydrogen) atoms. The zero-order chi connectivity index (χ0) is 14.4. The first-order chi connectivity index (χ1) is 9.67. The number of hydrogen-bond acceptors (Lipinski definition) is 4. The minimum Gasteiger partial charge on any atom is -0.374 e. The monoisotopic (exact) mass is 281 g/mol. The van der Waals surface area contributed by atoms with Gasteiger partial charge in [-0.1, -0.05) is 0 Å². The van der Waals surface area contributed by atoms with Crippen LogP contribution in [0, 0.1) is 5.82 Å². The molecule has 0 bridgehead atoms. The number of nitrogens with zero attached hydrogens (tertiary/aromatic N) is 1. The zero-order valence-electron chi connectivity index (χ0n) is 11.6. The molecule has 1 fully saturated rings. The molecule has 0 saturated carbocycles. The van der Waals surface area contributed by atoms with Crippen LogP contribution >= 0.6 is 0 Å². The van der Waals surface area contributed by atoms with Gasteiger partial charge in [0.1, 0.15) is 5.82 Å². The third-order valence-electron chi connectivity index (χ3n) is 3.15. The second-order valence-corrected chi connectivity index (χ2v) is 4.84. The van der Waals surface area contributed by atoms with Gasteiger partial charge in [-0.2, -0.15) is 0 Å². The number of carbonyl (C=O) groups excluding carboxylic acids is 1. The smallest absolute Gasteiger partial charge is 0.238 e. The van der Waals surface area contributed by atoms with E-state index < -0.39 is 0 Å². The van der Waals surface area contributed by atoms with Crippen molar-refractivity contribution >= 4 is 11.6 Å². The van der Waals surface area contributed by atoms with Crippen LogP contribution in [0.1, 0.15) is 0 Å². The normalized spacial score (nSPS) is 19.8. The minimum atomic E-state index is -0.314. The lowest BCUT2D eigenvalue weighted by atomic mass is 10.2. The van der Waals surface area contributed by atoms with Gasteiger partial charge in [-0.25, -0.2) is 4.39 Å². The number of rotatable bonds is 5. The Morgan fingerprint density at radius 3 is 2.90 bits per heavy atom. The average molecular weight is 281 g/mol. The third kappa shape index (κ3) is 4.56. The lowest BCUT2D eigenvalue weighted by molar-refractivity contribution is -0.119. The molecule has 1 heterocycles. The fourth-order valence-corrected chi connectivity index (χ4v) is 2.21. The molecule has 1 aliphatic heterocycles.